The third kappa shape index (κ3) is 5.55. The number of Topliss-reactive ketones (excluding diaryl/α,β-unsaturated/α-hetero) is 1. The van der Waals surface area contributed by atoms with Crippen molar-refractivity contribution in [1.29, 1.82) is 0 Å². The third-order valence-corrected chi connectivity index (χ3v) is 3.36. The number of aliphatic hydroxyl groups is 1. The lowest BCUT2D eigenvalue weighted by molar-refractivity contribution is 0.101. The van der Waals surface area contributed by atoms with Crippen LogP contribution in [0.2, 0.25) is 0 Å². The lowest BCUT2D eigenvalue weighted by Gasteiger charge is -2.15. The van der Waals surface area contributed by atoms with E-state index in [0.29, 0.717) is 24.2 Å². The second-order valence-electron chi connectivity index (χ2n) is 5.57. The summed E-state index contributed by atoms with van der Waals surface area (Å²) in [5.74, 6) is 0.183. The van der Waals surface area contributed by atoms with Crippen molar-refractivity contribution >= 4 is 17.5 Å². The zero-order valence-corrected chi connectivity index (χ0v) is 13.1. The van der Waals surface area contributed by atoms with Gasteiger partial charge < -0.3 is 15.7 Å². The van der Waals surface area contributed by atoms with Crippen molar-refractivity contribution in [2.75, 3.05) is 11.9 Å². The number of aliphatic hydroxyl groups excluding tert-OH is 1. The number of amides is 2. The molecule has 1 unspecified atom stereocenters. The molecular weight excluding hydrogens is 268 g/mol. The molecule has 5 nitrogen and oxygen atoms in total. The summed E-state index contributed by atoms with van der Waals surface area (Å²) in [6, 6.07) is 4.85. The minimum absolute atomic E-state index is 0.00572. The Morgan fingerprint density at radius 3 is 2.48 bits per heavy atom. The van der Waals surface area contributed by atoms with Crippen LogP contribution in [0.15, 0.2) is 18.2 Å². The van der Waals surface area contributed by atoms with E-state index in [2.05, 4.69) is 10.6 Å². The maximum atomic E-state index is 11.7. The normalized spacial score (nSPS) is 12.1. The summed E-state index contributed by atoms with van der Waals surface area (Å²) < 4.78 is 0. The Labute approximate surface area is 125 Å². The summed E-state index contributed by atoms with van der Waals surface area (Å²) in [7, 11) is 0. The maximum absolute atomic E-state index is 11.7. The van der Waals surface area contributed by atoms with E-state index in [0.717, 1.165) is 5.56 Å². The minimum atomic E-state index is -0.414. The van der Waals surface area contributed by atoms with Crippen LogP contribution in [0.1, 0.15) is 43.1 Å². The van der Waals surface area contributed by atoms with Crippen molar-refractivity contribution in [2.24, 2.45) is 5.92 Å². The van der Waals surface area contributed by atoms with Crippen molar-refractivity contribution in [1.82, 2.24) is 5.32 Å². The number of nitrogens with one attached hydrogen (secondary N) is 2. The molecule has 116 valence electrons. The van der Waals surface area contributed by atoms with Gasteiger partial charge in [0.2, 0.25) is 0 Å². The molecule has 1 rings (SSSR count). The van der Waals surface area contributed by atoms with Gasteiger partial charge >= 0.3 is 6.03 Å². The van der Waals surface area contributed by atoms with E-state index in [4.69, 9.17) is 0 Å². The highest BCUT2D eigenvalue weighted by molar-refractivity contribution is 5.96. The van der Waals surface area contributed by atoms with Gasteiger partial charge in [0.05, 0.1) is 6.10 Å². The second kappa shape index (κ2) is 7.78. The SMILES string of the molecule is CC(=O)c1ccc(NC(=O)NCCC(O)C(C)C)cc1C. The van der Waals surface area contributed by atoms with E-state index < -0.39 is 6.10 Å². The molecule has 0 aromatic heterocycles. The van der Waals surface area contributed by atoms with E-state index in [1.165, 1.54) is 6.92 Å². The number of hydrogen-bond acceptors (Lipinski definition) is 3. The van der Waals surface area contributed by atoms with Crippen LogP contribution < -0.4 is 10.6 Å². The predicted octanol–water partition coefficient (Wildman–Crippen LogP) is 2.73. The van der Waals surface area contributed by atoms with Crippen LogP contribution in [-0.4, -0.2) is 29.6 Å². The number of urea groups is 1. The largest absolute Gasteiger partial charge is 0.393 e. The maximum Gasteiger partial charge on any atom is 0.319 e. The van der Waals surface area contributed by atoms with Gasteiger partial charge in [-0.2, -0.15) is 0 Å². The molecule has 0 saturated heterocycles. The first-order valence-corrected chi connectivity index (χ1v) is 7.15. The first-order chi connectivity index (χ1) is 9.81. The van der Waals surface area contributed by atoms with Gasteiger partial charge in [-0.1, -0.05) is 13.8 Å². The lowest BCUT2D eigenvalue weighted by atomic mass is 10.0. The van der Waals surface area contributed by atoms with Gasteiger partial charge in [-0.05, 0) is 49.9 Å². The first kappa shape index (κ1) is 17.2. The predicted molar refractivity (Wildman–Crippen MR) is 83.7 cm³/mol. The van der Waals surface area contributed by atoms with Crippen molar-refractivity contribution in [3.8, 4) is 0 Å². The second-order valence-corrected chi connectivity index (χ2v) is 5.57. The van der Waals surface area contributed by atoms with Crippen molar-refractivity contribution < 1.29 is 14.7 Å². The summed E-state index contributed by atoms with van der Waals surface area (Å²) in [6.07, 6.45) is 0.107. The molecule has 0 heterocycles. The highest BCUT2D eigenvalue weighted by Gasteiger charge is 2.10. The van der Waals surface area contributed by atoms with Crippen LogP contribution in [0.5, 0.6) is 0 Å². The number of rotatable bonds is 6. The molecule has 0 spiro atoms. The minimum Gasteiger partial charge on any atom is -0.393 e. The molecule has 1 atom stereocenters. The molecule has 3 N–H and O–H groups in total. The summed E-state index contributed by atoms with van der Waals surface area (Å²) in [5, 5.41) is 15.0. The number of hydrogen-bond donors (Lipinski definition) is 3. The van der Waals surface area contributed by atoms with Gasteiger partial charge in [0, 0.05) is 17.8 Å². The molecule has 5 heteroatoms. The fourth-order valence-electron chi connectivity index (χ4n) is 1.98. The van der Waals surface area contributed by atoms with Crippen molar-refractivity contribution in [3.05, 3.63) is 29.3 Å². The van der Waals surface area contributed by atoms with E-state index in [1.807, 2.05) is 20.8 Å². The standard InChI is InChI=1S/C16H24N2O3/c1-10(2)15(20)7-8-17-16(21)18-13-5-6-14(12(4)19)11(3)9-13/h5-6,9-10,15,20H,7-8H2,1-4H3,(H2,17,18,21). The molecule has 1 aromatic carbocycles. The molecule has 1 aromatic rings. The van der Waals surface area contributed by atoms with Crippen molar-refractivity contribution in [2.45, 2.75) is 40.2 Å². The van der Waals surface area contributed by atoms with Crippen LogP contribution in [0.4, 0.5) is 10.5 Å². The Morgan fingerprint density at radius 2 is 1.95 bits per heavy atom. The fourth-order valence-corrected chi connectivity index (χ4v) is 1.98. The van der Waals surface area contributed by atoms with Gasteiger partial charge in [0.25, 0.3) is 0 Å². The monoisotopic (exact) mass is 292 g/mol. The van der Waals surface area contributed by atoms with Crippen LogP contribution >= 0.6 is 0 Å². The molecule has 0 fully saturated rings. The van der Waals surface area contributed by atoms with Crippen LogP contribution in [0, 0.1) is 12.8 Å². The Morgan fingerprint density at radius 1 is 1.29 bits per heavy atom. The van der Waals surface area contributed by atoms with Gasteiger partial charge in [-0.3, -0.25) is 4.79 Å². The van der Waals surface area contributed by atoms with Gasteiger partial charge in [-0.15, -0.1) is 0 Å². The molecular formula is C16H24N2O3. The zero-order chi connectivity index (χ0) is 16.0. The smallest absolute Gasteiger partial charge is 0.319 e. The summed E-state index contributed by atoms with van der Waals surface area (Å²) in [5.41, 5.74) is 2.12. The molecule has 0 aliphatic heterocycles. The van der Waals surface area contributed by atoms with Crippen molar-refractivity contribution in [3.63, 3.8) is 0 Å². The molecule has 0 aliphatic rings. The summed E-state index contributed by atoms with van der Waals surface area (Å²) in [4.78, 5) is 23.1. The van der Waals surface area contributed by atoms with Gasteiger partial charge in [0.15, 0.2) is 5.78 Å². The zero-order valence-electron chi connectivity index (χ0n) is 13.1. The number of ketones is 1. The summed E-state index contributed by atoms with van der Waals surface area (Å²) >= 11 is 0. The molecule has 2 amide bonds. The highest BCUT2D eigenvalue weighted by Crippen LogP contribution is 2.15. The Kier molecular flexibility index (Phi) is 6.37. The van der Waals surface area contributed by atoms with Gasteiger partial charge in [0.1, 0.15) is 0 Å². The average molecular weight is 292 g/mol. The molecule has 0 bridgehead atoms. The van der Waals surface area contributed by atoms with E-state index in [1.54, 1.807) is 18.2 Å². The topological polar surface area (TPSA) is 78.4 Å². The Bertz CT molecular complexity index is 512. The van der Waals surface area contributed by atoms with E-state index >= 15 is 0 Å². The number of benzene rings is 1. The number of aryl methyl sites for hydroxylation is 1. The molecule has 0 radical (unpaired) electrons. The first-order valence-electron chi connectivity index (χ1n) is 7.15. The quantitative estimate of drug-likeness (QED) is 0.705. The van der Waals surface area contributed by atoms with E-state index in [9.17, 15) is 14.7 Å². The number of anilines is 1. The lowest BCUT2D eigenvalue weighted by Crippen LogP contribution is -2.32. The summed E-state index contributed by atoms with van der Waals surface area (Å²) in [6.45, 7) is 7.63. The molecule has 0 saturated carbocycles. The highest BCUT2D eigenvalue weighted by atomic mass is 16.3. The van der Waals surface area contributed by atoms with E-state index in [-0.39, 0.29) is 17.7 Å². The van der Waals surface area contributed by atoms with Gasteiger partial charge in [-0.25, -0.2) is 4.79 Å². The fraction of sp³-hybridized carbons (Fsp3) is 0.500. The number of carbonyl (C=O) groups excluding carboxylic acids is 2. The molecule has 0 aliphatic carbocycles. The molecule has 21 heavy (non-hydrogen) atoms. The Hall–Kier alpha value is -1.88. The third-order valence-electron chi connectivity index (χ3n) is 3.36. The number of carbonyl (C=O) groups is 2. The Balaban J connectivity index is 2.48. The average Bonchev–Trinajstić information content (AvgIpc) is 2.37. The van der Waals surface area contributed by atoms with Crippen LogP contribution in [0.25, 0.3) is 0 Å². The van der Waals surface area contributed by atoms with Crippen LogP contribution in [-0.2, 0) is 0 Å². The van der Waals surface area contributed by atoms with Crippen LogP contribution in [0.3, 0.4) is 0 Å².